The Morgan fingerprint density at radius 3 is 2.83 bits per heavy atom. The first-order valence-electron chi connectivity index (χ1n) is 6.92. The zero-order chi connectivity index (χ0) is 13.0. The van der Waals surface area contributed by atoms with Crippen molar-refractivity contribution in [3.05, 3.63) is 23.9 Å². The zero-order valence-corrected chi connectivity index (χ0v) is 11.6. The molecule has 3 heteroatoms. The van der Waals surface area contributed by atoms with Gasteiger partial charge in [-0.25, -0.2) is 4.98 Å². The maximum absolute atomic E-state index is 5.14. The molecule has 3 atom stereocenters. The molecule has 1 saturated carbocycles. The SMILES string of the molecule is COc1cccc(CNC2CCC(C)C(C)C2)n1. The van der Waals surface area contributed by atoms with Crippen LogP contribution < -0.4 is 10.1 Å². The van der Waals surface area contributed by atoms with Gasteiger partial charge in [-0.3, -0.25) is 0 Å². The average molecular weight is 248 g/mol. The third-order valence-electron chi connectivity index (χ3n) is 4.16. The van der Waals surface area contributed by atoms with Crippen molar-refractivity contribution >= 4 is 0 Å². The Morgan fingerprint density at radius 2 is 2.11 bits per heavy atom. The molecule has 1 heterocycles. The van der Waals surface area contributed by atoms with Crippen molar-refractivity contribution < 1.29 is 4.74 Å². The molecule has 1 aromatic heterocycles. The van der Waals surface area contributed by atoms with Crippen molar-refractivity contribution in [3.63, 3.8) is 0 Å². The van der Waals surface area contributed by atoms with Crippen molar-refractivity contribution in [1.29, 1.82) is 0 Å². The number of methoxy groups -OCH3 is 1. The fourth-order valence-electron chi connectivity index (χ4n) is 2.65. The number of nitrogens with one attached hydrogen (secondary N) is 1. The molecule has 0 spiro atoms. The molecule has 1 aliphatic carbocycles. The van der Waals surface area contributed by atoms with E-state index in [-0.39, 0.29) is 0 Å². The predicted molar refractivity (Wildman–Crippen MR) is 73.6 cm³/mol. The van der Waals surface area contributed by atoms with Gasteiger partial charge in [0.2, 0.25) is 5.88 Å². The highest BCUT2D eigenvalue weighted by atomic mass is 16.5. The van der Waals surface area contributed by atoms with Crippen LogP contribution in [-0.4, -0.2) is 18.1 Å². The molecule has 100 valence electrons. The summed E-state index contributed by atoms with van der Waals surface area (Å²) >= 11 is 0. The van der Waals surface area contributed by atoms with E-state index in [1.165, 1.54) is 19.3 Å². The topological polar surface area (TPSA) is 34.1 Å². The first-order chi connectivity index (χ1) is 8.69. The van der Waals surface area contributed by atoms with Crippen LogP contribution in [0, 0.1) is 11.8 Å². The second-order valence-corrected chi connectivity index (χ2v) is 5.52. The summed E-state index contributed by atoms with van der Waals surface area (Å²) in [5.41, 5.74) is 1.06. The number of aromatic nitrogens is 1. The standard InChI is InChI=1S/C15H24N2O/c1-11-7-8-13(9-12(11)2)16-10-14-5-4-6-15(17-14)18-3/h4-6,11-13,16H,7-10H2,1-3H3. The van der Waals surface area contributed by atoms with Crippen molar-refractivity contribution in [2.45, 2.75) is 45.7 Å². The quantitative estimate of drug-likeness (QED) is 0.889. The number of ether oxygens (including phenoxy) is 1. The molecule has 0 aliphatic heterocycles. The van der Waals surface area contributed by atoms with E-state index in [0.717, 1.165) is 24.1 Å². The minimum absolute atomic E-state index is 0.643. The minimum Gasteiger partial charge on any atom is -0.481 e. The summed E-state index contributed by atoms with van der Waals surface area (Å²) in [6.45, 7) is 5.57. The first kappa shape index (κ1) is 13.3. The molecule has 2 rings (SSSR count). The van der Waals surface area contributed by atoms with Crippen LogP contribution in [0.5, 0.6) is 5.88 Å². The monoisotopic (exact) mass is 248 g/mol. The molecule has 1 aliphatic rings. The van der Waals surface area contributed by atoms with E-state index in [1.807, 2.05) is 18.2 Å². The van der Waals surface area contributed by atoms with Gasteiger partial charge in [-0.15, -0.1) is 0 Å². The Balaban J connectivity index is 1.84. The van der Waals surface area contributed by atoms with Gasteiger partial charge in [0.05, 0.1) is 12.8 Å². The smallest absolute Gasteiger partial charge is 0.213 e. The molecule has 0 amide bonds. The van der Waals surface area contributed by atoms with Crippen LogP contribution in [0.4, 0.5) is 0 Å². The molecule has 3 nitrogen and oxygen atoms in total. The Kier molecular flexibility index (Phi) is 4.59. The van der Waals surface area contributed by atoms with Crippen LogP contribution in [0.2, 0.25) is 0 Å². The Hall–Kier alpha value is -1.09. The van der Waals surface area contributed by atoms with Gasteiger partial charge in [-0.05, 0) is 37.2 Å². The van der Waals surface area contributed by atoms with E-state index in [2.05, 4.69) is 24.1 Å². The van der Waals surface area contributed by atoms with Gasteiger partial charge < -0.3 is 10.1 Å². The Labute approximate surface area is 110 Å². The molecule has 0 radical (unpaired) electrons. The van der Waals surface area contributed by atoms with Gasteiger partial charge in [0.1, 0.15) is 0 Å². The molecule has 3 unspecified atom stereocenters. The summed E-state index contributed by atoms with van der Waals surface area (Å²) in [5.74, 6) is 2.40. The second kappa shape index (κ2) is 6.19. The van der Waals surface area contributed by atoms with Gasteiger partial charge in [0.25, 0.3) is 0 Å². The number of pyridine rings is 1. The van der Waals surface area contributed by atoms with Crippen molar-refractivity contribution in [3.8, 4) is 5.88 Å². The third-order valence-corrected chi connectivity index (χ3v) is 4.16. The lowest BCUT2D eigenvalue weighted by atomic mass is 9.79. The average Bonchev–Trinajstić information content (AvgIpc) is 2.40. The molecule has 1 fully saturated rings. The summed E-state index contributed by atoms with van der Waals surface area (Å²) in [4.78, 5) is 4.42. The molecular formula is C15H24N2O. The molecule has 1 aromatic rings. The van der Waals surface area contributed by atoms with Crippen molar-refractivity contribution in [2.75, 3.05) is 7.11 Å². The highest BCUT2D eigenvalue weighted by molar-refractivity contribution is 5.15. The van der Waals surface area contributed by atoms with Crippen molar-refractivity contribution in [2.24, 2.45) is 11.8 Å². The maximum Gasteiger partial charge on any atom is 0.213 e. The lowest BCUT2D eigenvalue weighted by Gasteiger charge is -2.32. The summed E-state index contributed by atoms with van der Waals surface area (Å²) < 4.78 is 5.14. The number of nitrogens with zero attached hydrogens (tertiary/aromatic N) is 1. The van der Waals surface area contributed by atoms with E-state index >= 15 is 0 Å². The zero-order valence-electron chi connectivity index (χ0n) is 11.6. The van der Waals surface area contributed by atoms with Crippen LogP contribution in [0.25, 0.3) is 0 Å². The van der Waals surface area contributed by atoms with Gasteiger partial charge >= 0.3 is 0 Å². The third kappa shape index (κ3) is 3.45. The van der Waals surface area contributed by atoms with Crippen molar-refractivity contribution in [1.82, 2.24) is 10.3 Å². The molecular weight excluding hydrogens is 224 g/mol. The van der Waals surface area contributed by atoms with Crippen LogP contribution in [-0.2, 0) is 6.54 Å². The maximum atomic E-state index is 5.14. The molecule has 0 bridgehead atoms. The van der Waals surface area contributed by atoms with Crippen LogP contribution >= 0.6 is 0 Å². The summed E-state index contributed by atoms with van der Waals surface area (Å²) in [7, 11) is 1.66. The van der Waals surface area contributed by atoms with Gasteiger partial charge in [-0.2, -0.15) is 0 Å². The predicted octanol–water partition coefficient (Wildman–Crippen LogP) is 3.00. The minimum atomic E-state index is 0.643. The Bertz CT molecular complexity index is 381. The molecule has 1 N–H and O–H groups in total. The van der Waals surface area contributed by atoms with Gasteiger partial charge in [0.15, 0.2) is 0 Å². The van der Waals surface area contributed by atoms with E-state index in [0.29, 0.717) is 11.9 Å². The highest BCUT2D eigenvalue weighted by Gasteiger charge is 2.23. The first-order valence-corrected chi connectivity index (χ1v) is 6.92. The fourth-order valence-corrected chi connectivity index (χ4v) is 2.65. The van der Waals surface area contributed by atoms with Crippen LogP contribution in [0.3, 0.4) is 0 Å². The lowest BCUT2D eigenvalue weighted by molar-refractivity contribution is 0.225. The highest BCUT2D eigenvalue weighted by Crippen LogP contribution is 2.29. The summed E-state index contributed by atoms with van der Waals surface area (Å²) in [5, 5.41) is 3.62. The van der Waals surface area contributed by atoms with E-state index < -0.39 is 0 Å². The van der Waals surface area contributed by atoms with E-state index in [9.17, 15) is 0 Å². The molecule has 0 aromatic carbocycles. The number of rotatable bonds is 4. The molecule has 18 heavy (non-hydrogen) atoms. The Morgan fingerprint density at radius 1 is 1.28 bits per heavy atom. The van der Waals surface area contributed by atoms with E-state index in [1.54, 1.807) is 7.11 Å². The number of hydrogen-bond donors (Lipinski definition) is 1. The largest absolute Gasteiger partial charge is 0.481 e. The normalized spacial score (nSPS) is 28.1. The molecule has 0 saturated heterocycles. The van der Waals surface area contributed by atoms with Crippen LogP contribution in [0.15, 0.2) is 18.2 Å². The summed E-state index contributed by atoms with van der Waals surface area (Å²) in [6.07, 6.45) is 3.91. The lowest BCUT2D eigenvalue weighted by Crippen LogP contribution is -2.35. The summed E-state index contributed by atoms with van der Waals surface area (Å²) in [6, 6.07) is 6.57. The van der Waals surface area contributed by atoms with Gasteiger partial charge in [-0.1, -0.05) is 19.9 Å². The van der Waals surface area contributed by atoms with Gasteiger partial charge in [0, 0.05) is 18.7 Å². The second-order valence-electron chi connectivity index (χ2n) is 5.52. The van der Waals surface area contributed by atoms with E-state index in [4.69, 9.17) is 4.74 Å². The fraction of sp³-hybridized carbons (Fsp3) is 0.667. The number of hydrogen-bond acceptors (Lipinski definition) is 3. The van der Waals surface area contributed by atoms with Crippen LogP contribution in [0.1, 0.15) is 38.8 Å².